The van der Waals surface area contributed by atoms with Gasteiger partial charge in [0.1, 0.15) is 5.75 Å². The minimum Gasteiger partial charge on any atom is -0.494 e. The summed E-state index contributed by atoms with van der Waals surface area (Å²) in [6.45, 7) is 5.21. The van der Waals surface area contributed by atoms with Crippen molar-refractivity contribution in [1.29, 1.82) is 0 Å². The summed E-state index contributed by atoms with van der Waals surface area (Å²) in [5.74, 6) is 8.15. The van der Waals surface area contributed by atoms with E-state index in [1.54, 1.807) is 5.56 Å². The third-order valence-corrected chi connectivity index (χ3v) is 7.31. The molecule has 3 saturated carbocycles. The van der Waals surface area contributed by atoms with Crippen LogP contribution in [0.5, 0.6) is 5.75 Å². The van der Waals surface area contributed by atoms with E-state index < -0.39 is 0 Å². The van der Waals surface area contributed by atoms with Crippen molar-refractivity contribution in [3.05, 3.63) is 65.2 Å². The lowest BCUT2D eigenvalue weighted by Gasteiger charge is -2.51. The molecule has 0 aromatic heterocycles. The second-order valence-electron chi connectivity index (χ2n) is 9.09. The van der Waals surface area contributed by atoms with Crippen molar-refractivity contribution in [2.75, 3.05) is 6.61 Å². The Kier molecular flexibility index (Phi) is 6.00. The van der Waals surface area contributed by atoms with E-state index in [-0.39, 0.29) is 5.41 Å². The SMILES string of the molecule is CCCCOc1ccc(C#CC23CCC(c4ccc(CC)cc4)(CC2)CC3)cc1. The van der Waals surface area contributed by atoms with Crippen LogP contribution >= 0.6 is 0 Å². The molecule has 1 nitrogen and oxygen atoms in total. The lowest BCUT2D eigenvalue weighted by molar-refractivity contribution is 0.0865. The van der Waals surface area contributed by atoms with Crippen molar-refractivity contribution in [2.45, 2.75) is 77.0 Å². The van der Waals surface area contributed by atoms with Gasteiger partial charge in [0, 0.05) is 11.0 Å². The van der Waals surface area contributed by atoms with Crippen molar-refractivity contribution in [3.8, 4) is 17.6 Å². The first-order valence-corrected chi connectivity index (χ1v) is 11.5. The number of aryl methyl sites for hydroxylation is 1. The molecule has 29 heavy (non-hydrogen) atoms. The Hall–Kier alpha value is -2.20. The fourth-order valence-electron chi connectivity index (χ4n) is 5.07. The van der Waals surface area contributed by atoms with Gasteiger partial charge < -0.3 is 4.74 Å². The van der Waals surface area contributed by atoms with Gasteiger partial charge >= 0.3 is 0 Å². The molecule has 0 atom stereocenters. The highest BCUT2D eigenvalue weighted by Gasteiger charge is 2.48. The summed E-state index contributed by atoms with van der Waals surface area (Å²) >= 11 is 0. The van der Waals surface area contributed by atoms with Crippen molar-refractivity contribution in [2.24, 2.45) is 5.41 Å². The lowest BCUT2D eigenvalue weighted by atomic mass is 9.52. The second-order valence-corrected chi connectivity index (χ2v) is 9.09. The standard InChI is InChI=1S/C28H34O/c1-3-5-22-29-26-12-8-24(9-13-26)14-15-27-16-19-28(20-17-27,21-18-27)25-10-6-23(4-2)7-11-25/h6-13H,3-5,16-22H2,1-2H3. The maximum atomic E-state index is 5.76. The monoisotopic (exact) mass is 386 g/mol. The maximum absolute atomic E-state index is 5.76. The van der Waals surface area contributed by atoms with Crippen LogP contribution in [0.15, 0.2) is 48.5 Å². The molecule has 0 heterocycles. The summed E-state index contributed by atoms with van der Waals surface area (Å²) in [5, 5.41) is 0. The van der Waals surface area contributed by atoms with E-state index in [4.69, 9.17) is 4.74 Å². The molecule has 1 heteroatoms. The molecule has 0 radical (unpaired) electrons. The number of hydrogen-bond acceptors (Lipinski definition) is 1. The van der Waals surface area contributed by atoms with Gasteiger partial charge in [0.25, 0.3) is 0 Å². The average molecular weight is 387 g/mol. The molecule has 5 rings (SSSR count). The molecule has 152 valence electrons. The number of rotatable bonds is 6. The Morgan fingerprint density at radius 1 is 0.828 bits per heavy atom. The van der Waals surface area contributed by atoms with E-state index in [0.29, 0.717) is 5.41 Å². The molecule has 0 spiro atoms. The zero-order valence-corrected chi connectivity index (χ0v) is 18.1. The van der Waals surface area contributed by atoms with Crippen molar-refractivity contribution >= 4 is 0 Å². The minimum absolute atomic E-state index is 0.238. The van der Waals surface area contributed by atoms with Crippen LogP contribution in [-0.2, 0) is 11.8 Å². The van der Waals surface area contributed by atoms with E-state index in [9.17, 15) is 0 Å². The molecule has 0 amide bonds. The predicted molar refractivity (Wildman–Crippen MR) is 121 cm³/mol. The summed E-state index contributed by atoms with van der Waals surface area (Å²) in [6, 6.07) is 17.8. The van der Waals surface area contributed by atoms with Crippen molar-refractivity contribution in [3.63, 3.8) is 0 Å². The Balaban J connectivity index is 1.40. The molecule has 2 bridgehead atoms. The number of unbranched alkanes of at least 4 members (excludes halogenated alkanes) is 1. The molecule has 3 aliphatic rings. The third kappa shape index (κ3) is 4.37. The maximum Gasteiger partial charge on any atom is 0.119 e. The zero-order chi connectivity index (χ0) is 20.2. The quantitative estimate of drug-likeness (QED) is 0.381. The molecular weight excluding hydrogens is 352 g/mol. The molecule has 2 aromatic carbocycles. The molecule has 0 N–H and O–H groups in total. The van der Waals surface area contributed by atoms with Crippen LogP contribution in [0.4, 0.5) is 0 Å². The number of fused-ring (bicyclic) bond motifs is 3. The van der Waals surface area contributed by atoms with Crippen molar-refractivity contribution in [1.82, 2.24) is 0 Å². The highest BCUT2D eigenvalue weighted by atomic mass is 16.5. The first-order valence-electron chi connectivity index (χ1n) is 11.5. The van der Waals surface area contributed by atoms with Crippen molar-refractivity contribution < 1.29 is 4.74 Å². The van der Waals surface area contributed by atoms with Crippen LogP contribution < -0.4 is 4.74 Å². The number of ether oxygens (including phenoxy) is 1. The van der Waals surface area contributed by atoms with Gasteiger partial charge in [0.2, 0.25) is 0 Å². The van der Waals surface area contributed by atoms with Gasteiger partial charge in [-0.3, -0.25) is 0 Å². The summed E-state index contributed by atoms with van der Waals surface area (Å²) in [4.78, 5) is 0. The van der Waals surface area contributed by atoms with Gasteiger partial charge in [-0.2, -0.15) is 0 Å². The van der Waals surface area contributed by atoms with Crippen LogP contribution in [0.25, 0.3) is 0 Å². The average Bonchev–Trinajstić information content (AvgIpc) is 2.80. The molecule has 0 saturated heterocycles. The largest absolute Gasteiger partial charge is 0.494 e. The minimum atomic E-state index is 0.238. The zero-order valence-electron chi connectivity index (χ0n) is 18.1. The lowest BCUT2D eigenvalue weighted by Crippen LogP contribution is -2.43. The van der Waals surface area contributed by atoms with Gasteiger partial charge in [-0.05, 0) is 92.2 Å². The molecule has 3 fully saturated rings. The Bertz CT molecular complexity index is 839. The van der Waals surface area contributed by atoms with E-state index in [1.807, 2.05) is 0 Å². The van der Waals surface area contributed by atoms with Gasteiger partial charge in [0.05, 0.1) is 6.61 Å². The first kappa shape index (κ1) is 20.1. The van der Waals surface area contributed by atoms with E-state index in [0.717, 1.165) is 37.2 Å². The smallest absolute Gasteiger partial charge is 0.119 e. The van der Waals surface area contributed by atoms with Gasteiger partial charge in [-0.15, -0.1) is 0 Å². The van der Waals surface area contributed by atoms with Crippen LogP contribution in [0.3, 0.4) is 0 Å². The van der Waals surface area contributed by atoms with Crippen LogP contribution in [-0.4, -0.2) is 6.61 Å². The molecule has 3 aliphatic carbocycles. The second kappa shape index (κ2) is 8.66. The highest BCUT2D eigenvalue weighted by Crippen LogP contribution is 2.57. The molecule has 0 unspecified atom stereocenters. The van der Waals surface area contributed by atoms with Crippen LogP contribution in [0.1, 0.15) is 81.9 Å². The third-order valence-electron chi connectivity index (χ3n) is 7.31. The highest BCUT2D eigenvalue weighted by molar-refractivity contribution is 5.40. The van der Waals surface area contributed by atoms with E-state index in [1.165, 1.54) is 44.1 Å². The van der Waals surface area contributed by atoms with E-state index >= 15 is 0 Å². The van der Waals surface area contributed by atoms with Crippen LogP contribution in [0, 0.1) is 17.3 Å². The number of benzene rings is 2. The summed E-state index contributed by atoms with van der Waals surface area (Å²) < 4.78 is 5.76. The normalized spacial score (nSPS) is 25.3. The number of hydrogen-bond donors (Lipinski definition) is 0. The summed E-state index contributed by atoms with van der Waals surface area (Å²) in [7, 11) is 0. The topological polar surface area (TPSA) is 9.23 Å². The first-order chi connectivity index (χ1) is 14.2. The Morgan fingerprint density at radius 2 is 1.48 bits per heavy atom. The molecule has 0 aliphatic heterocycles. The van der Waals surface area contributed by atoms with Crippen LogP contribution in [0.2, 0.25) is 0 Å². The fraction of sp³-hybridized carbons (Fsp3) is 0.500. The van der Waals surface area contributed by atoms with Gasteiger partial charge in [-0.25, -0.2) is 0 Å². The van der Waals surface area contributed by atoms with Gasteiger partial charge in [0.15, 0.2) is 0 Å². The Labute approximate surface area is 176 Å². The summed E-state index contributed by atoms with van der Waals surface area (Å²) in [6.07, 6.45) is 11.0. The molecular formula is C28H34O. The fourth-order valence-corrected chi connectivity index (χ4v) is 5.07. The summed E-state index contributed by atoms with van der Waals surface area (Å²) in [5.41, 5.74) is 4.77. The Morgan fingerprint density at radius 3 is 2.07 bits per heavy atom. The molecule has 2 aromatic rings. The van der Waals surface area contributed by atoms with Gasteiger partial charge in [-0.1, -0.05) is 56.4 Å². The predicted octanol–water partition coefficient (Wildman–Crippen LogP) is 7.07. The van der Waals surface area contributed by atoms with E-state index in [2.05, 4.69) is 74.2 Å².